The van der Waals surface area contributed by atoms with Gasteiger partial charge >= 0.3 is 0 Å². The summed E-state index contributed by atoms with van der Waals surface area (Å²) in [6.45, 7) is 2.85. The van der Waals surface area contributed by atoms with Crippen molar-refractivity contribution in [3.05, 3.63) is 102 Å². The Labute approximate surface area is 176 Å². The Morgan fingerprint density at radius 2 is 1.33 bits per heavy atom. The van der Waals surface area contributed by atoms with E-state index in [9.17, 15) is 9.18 Å². The minimum atomic E-state index is -0.323. The standard InChI is InChI=1S/C25H25FN2O2/c26-22-11-13-23(14-12-22)30-19-24(29)27-15-17-28(18-16-27)25(20-7-3-1-4-8-20)21-9-5-2-6-10-21/h1-14,25H,15-19H2. The molecule has 4 nitrogen and oxygen atoms in total. The average molecular weight is 404 g/mol. The third kappa shape index (κ3) is 4.86. The van der Waals surface area contributed by atoms with Crippen molar-refractivity contribution in [2.75, 3.05) is 32.8 Å². The molecular formula is C25H25FN2O2. The maximum absolute atomic E-state index is 13.0. The molecule has 1 aliphatic heterocycles. The normalized spacial score (nSPS) is 14.7. The second-order valence-corrected chi connectivity index (χ2v) is 7.38. The van der Waals surface area contributed by atoms with E-state index in [1.165, 1.54) is 35.4 Å². The minimum Gasteiger partial charge on any atom is -0.484 e. The van der Waals surface area contributed by atoms with Crippen molar-refractivity contribution < 1.29 is 13.9 Å². The average Bonchev–Trinajstić information content (AvgIpc) is 2.81. The van der Waals surface area contributed by atoms with E-state index in [0.717, 1.165) is 13.1 Å². The highest BCUT2D eigenvalue weighted by Gasteiger charge is 2.28. The van der Waals surface area contributed by atoms with E-state index in [-0.39, 0.29) is 24.4 Å². The van der Waals surface area contributed by atoms with Gasteiger partial charge in [0.25, 0.3) is 5.91 Å². The first kappa shape index (κ1) is 20.1. The first-order valence-electron chi connectivity index (χ1n) is 10.2. The van der Waals surface area contributed by atoms with Crippen LogP contribution in [-0.4, -0.2) is 48.5 Å². The van der Waals surface area contributed by atoms with Crippen LogP contribution in [0.3, 0.4) is 0 Å². The van der Waals surface area contributed by atoms with Crippen molar-refractivity contribution in [1.82, 2.24) is 9.80 Å². The summed E-state index contributed by atoms with van der Waals surface area (Å²) in [5.74, 6) is 0.128. The molecule has 1 fully saturated rings. The van der Waals surface area contributed by atoms with Crippen LogP contribution in [0.25, 0.3) is 0 Å². The van der Waals surface area contributed by atoms with Crippen molar-refractivity contribution in [2.45, 2.75) is 6.04 Å². The van der Waals surface area contributed by atoms with Gasteiger partial charge in [0, 0.05) is 26.2 Å². The highest BCUT2D eigenvalue weighted by atomic mass is 19.1. The number of halogens is 1. The second-order valence-electron chi connectivity index (χ2n) is 7.38. The maximum Gasteiger partial charge on any atom is 0.260 e. The number of rotatable bonds is 6. The summed E-state index contributed by atoms with van der Waals surface area (Å²) in [5, 5.41) is 0. The highest BCUT2D eigenvalue weighted by molar-refractivity contribution is 5.77. The third-order valence-corrected chi connectivity index (χ3v) is 5.44. The largest absolute Gasteiger partial charge is 0.484 e. The Hall–Kier alpha value is -3.18. The molecule has 1 aliphatic rings. The van der Waals surface area contributed by atoms with Crippen LogP contribution in [0.4, 0.5) is 4.39 Å². The molecule has 1 amide bonds. The number of nitrogens with zero attached hydrogens (tertiary/aromatic N) is 2. The summed E-state index contributed by atoms with van der Waals surface area (Å²) in [7, 11) is 0. The van der Waals surface area contributed by atoms with Crippen LogP contribution < -0.4 is 4.74 Å². The summed E-state index contributed by atoms with van der Waals surface area (Å²) in [6, 6.07) is 26.8. The van der Waals surface area contributed by atoms with Gasteiger partial charge in [-0.25, -0.2) is 4.39 Å². The Bertz CT molecular complexity index is 900. The zero-order valence-corrected chi connectivity index (χ0v) is 16.8. The maximum atomic E-state index is 13.0. The van der Waals surface area contributed by atoms with Crippen LogP contribution in [0.5, 0.6) is 5.75 Å². The Morgan fingerprint density at radius 3 is 1.87 bits per heavy atom. The molecule has 0 N–H and O–H groups in total. The molecular weight excluding hydrogens is 379 g/mol. The van der Waals surface area contributed by atoms with Crippen molar-refractivity contribution >= 4 is 5.91 Å². The summed E-state index contributed by atoms with van der Waals surface area (Å²) in [5.41, 5.74) is 2.51. The predicted octanol–water partition coefficient (Wildman–Crippen LogP) is 4.14. The van der Waals surface area contributed by atoms with Crippen LogP contribution in [-0.2, 0) is 4.79 Å². The molecule has 0 saturated carbocycles. The smallest absolute Gasteiger partial charge is 0.260 e. The number of benzene rings is 3. The molecule has 0 spiro atoms. The minimum absolute atomic E-state index is 0.0353. The number of ether oxygens (including phenoxy) is 1. The number of hydrogen-bond donors (Lipinski definition) is 0. The third-order valence-electron chi connectivity index (χ3n) is 5.44. The van der Waals surface area contributed by atoms with Gasteiger partial charge in [-0.1, -0.05) is 60.7 Å². The van der Waals surface area contributed by atoms with E-state index in [1.807, 2.05) is 17.0 Å². The lowest BCUT2D eigenvalue weighted by Crippen LogP contribution is -2.51. The molecule has 1 saturated heterocycles. The topological polar surface area (TPSA) is 32.8 Å². The van der Waals surface area contributed by atoms with Crippen LogP contribution in [0.1, 0.15) is 17.2 Å². The lowest BCUT2D eigenvalue weighted by molar-refractivity contribution is -0.135. The number of piperazine rings is 1. The molecule has 1 heterocycles. The molecule has 5 heteroatoms. The van der Waals surface area contributed by atoms with Crippen LogP contribution >= 0.6 is 0 Å². The lowest BCUT2D eigenvalue weighted by atomic mass is 9.96. The zero-order valence-electron chi connectivity index (χ0n) is 16.8. The summed E-state index contributed by atoms with van der Waals surface area (Å²) >= 11 is 0. The number of hydrogen-bond acceptors (Lipinski definition) is 3. The van der Waals surface area contributed by atoms with Gasteiger partial charge in [0.2, 0.25) is 0 Å². The van der Waals surface area contributed by atoms with Gasteiger partial charge in [-0.3, -0.25) is 9.69 Å². The van der Waals surface area contributed by atoms with Crippen LogP contribution in [0.15, 0.2) is 84.9 Å². The van der Waals surface area contributed by atoms with Gasteiger partial charge in [0.1, 0.15) is 11.6 Å². The van der Waals surface area contributed by atoms with E-state index >= 15 is 0 Å². The van der Waals surface area contributed by atoms with Gasteiger partial charge < -0.3 is 9.64 Å². The SMILES string of the molecule is O=C(COc1ccc(F)cc1)N1CCN(C(c2ccccc2)c2ccccc2)CC1. The van der Waals surface area contributed by atoms with Crippen LogP contribution in [0.2, 0.25) is 0 Å². The zero-order chi connectivity index (χ0) is 20.8. The fourth-order valence-electron chi connectivity index (χ4n) is 3.88. The van der Waals surface area contributed by atoms with E-state index in [1.54, 1.807) is 0 Å². The summed E-state index contributed by atoms with van der Waals surface area (Å²) in [4.78, 5) is 16.8. The van der Waals surface area contributed by atoms with Gasteiger partial charge in [-0.15, -0.1) is 0 Å². The van der Waals surface area contributed by atoms with Crippen molar-refractivity contribution in [2.24, 2.45) is 0 Å². The van der Waals surface area contributed by atoms with Crippen molar-refractivity contribution in [3.8, 4) is 5.75 Å². The van der Waals surface area contributed by atoms with E-state index < -0.39 is 0 Å². The fourth-order valence-corrected chi connectivity index (χ4v) is 3.88. The molecule has 0 aromatic heterocycles. The fraction of sp³-hybridized carbons (Fsp3) is 0.240. The molecule has 4 rings (SSSR count). The molecule has 3 aromatic carbocycles. The Kier molecular flexibility index (Phi) is 6.40. The van der Waals surface area contributed by atoms with Gasteiger partial charge in [-0.05, 0) is 35.4 Å². The predicted molar refractivity (Wildman–Crippen MR) is 115 cm³/mol. The molecule has 0 unspecified atom stereocenters. The highest BCUT2D eigenvalue weighted by Crippen LogP contribution is 2.29. The molecule has 0 radical (unpaired) electrons. The first-order chi connectivity index (χ1) is 14.7. The van der Waals surface area contributed by atoms with E-state index in [4.69, 9.17) is 4.74 Å². The first-order valence-corrected chi connectivity index (χ1v) is 10.2. The molecule has 3 aromatic rings. The summed E-state index contributed by atoms with van der Waals surface area (Å²) < 4.78 is 18.5. The van der Waals surface area contributed by atoms with Gasteiger partial charge in [0.05, 0.1) is 6.04 Å². The van der Waals surface area contributed by atoms with Crippen molar-refractivity contribution in [3.63, 3.8) is 0 Å². The number of carbonyl (C=O) groups excluding carboxylic acids is 1. The molecule has 0 bridgehead atoms. The molecule has 30 heavy (non-hydrogen) atoms. The lowest BCUT2D eigenvalue weighted by Gasteiger charge is -2.39. The summed E-state index contributed by atoms with van der Waals surface area (Å²) in [6.07, 6.45) is 0. The quantitative estimate of drug-likeness (QED) is 0.619. The van der Waals surface area contributed by atoms with E-state index in [2.05, 4.69) is 53.4 Å². The number of carbonyl (C=O) groups is 1. The molecule has 0 aliphatic carbocycles. The van der Waals surface area contributed by atoms with Gasteiger partial charge in [-0.2, -0.15) is 0 Å². The Morgan fingerprint density at radius 1 is 0.800 bits per heavy atom. The molecule has 0 atom stereocenters. The number of amides is 1. The van der Waals surface area contributed by atoms with E-state index in [0.29, 0.717) is 18.8 Å². The Balaban J connectivity index is 1.38. The molecule has 154 valence electrons. The second kappa shape index (κ2) is 9.55. The van der Waals surface area contributed by atoms with Crippen molar-refractivity contribution in [1.29, 1.82) is 0 Å². The van der Waals surface area contributed by atoms with Gasteiger partial charge in [0.15, 0.2) is 6.61 Å². The van der Waals surface area contributed by atoms with Crippen LogP contribution in [0, 0.1) is 5.82 Å². The monoisotopic (exact) mass is 404 g/mol.